The van der Waals surface area contributed by atoms with E-state index in [0.717, 1.165) is 24.3 Å². The molecular formula is C14H22ClNO. The summed E-state index contributed by atoms with van der Waals surface area (Å²) in [6.07, 6.45) is 2.61. The molecule has 2 unspecified atom stereocenters. The molecule has 1 rings (SSSR count). The summed E-state index contributed by atoms with van der Waals surface area (Å²) in [6, 6.07) is 8.28. The minimum absolute atomic E-state index is 0.229. The standard InChI is InChI=1S/C14H22ClNO/c1-3-4-14(17)10-16-11(2)9-12-5-7-13(15)8-6-12/h5-8,11,14,16-17H,3-4,9-10H2,1-2H3. The van der Waals surface area contributed by atoms with E-state index >= 15 is 0 Å². The van der Waals surface area contributed by atoms with Gasteiger partial charge in [-0.25, -0.2) is 0 Å². The monoisotopic (exact) mass is 255 g/mol. The molecule has 0 saturated heterocycles. The van der Waals surface area contributed by atoms with E-state index in [1.807, 2.05) is 24.3 Å². The maximum atomic E-state index is 9.62. The van der Waals surface area contributed by atoms with E-state index in [0.29, 0.717) is 12.6 Å². The predicted octanol–water partition coefficient (Wildman–Crippen LogP) is 3.02. The lowest BCUT2D eigenvalue weighted by Crippen LogP contribution is -2.34. The van der Waals surface area contributed by atoms with Gasteiger partial charge in [0.15, 0.2) is 0 Å². The Morgan fingerprint density at radius 1 is 1.29 bits per heavy atom. The van der Waals surface area contributed by atoms with Crippen LogP contribution in [0.1, 0.15) is 32.3 Å². The summed E-state index contributed by atoms with van der Waals surface area (Å²) in [5.74, 6) is 0. The fourth-order valence-corrected chi connectivity index (χ4v) is 1.94. The summed E-state index contributed by atoms with van der Waals surface area (Å²) in [7, 11) is 0. The maximum Gasteiger partial charge on any atom is 0.0664 e. The Morgan fingerprint density at radius 3 is 2.53 bits per heavy atom. The Kier molecular flexibility index (Phi) is 6.56. The van der Waals surface area contributed by atoms with Crippen molar-refractivity contribution >= 4 is 11.6 Å². The fourth-order valence-electron chi connectivity index (χ4n) is 1.82. The summed E-state index contributed by atoms with van der Waals surface area (Å²) >= 11 is 5.84. The average molecular weight is 256 g/mol. The van der Waals surface area contributed by atoms with Gasteiger partial charge in [0, 0.05) is 17.6 Å². The van der Waals surface area contributed by atoms with Gasteiger partial charge in [0.25, 0.3) is 0 Å². The van der Waals surface area contributed by atoms with Gasteiger partial charge in [-0.05, 0) is 37.5 Å². The molecule has 2 nitrogen and oxygen atoms in total. The van der Waals surface area contributed by atoms with Crippen LogP contribution in [0.25, 0.3) is 0 Å². The van der Waals surface area contributed by atoms with Gasteiger partial charge >= 0.3 is 0 Å². The first-order chi connectivity index (χ1) is 8.11. The summed E-state index contributed by atoms with van der Waals surface area (Å²) < 4.78 is 0. The lowest BCUT2D eigenvalue weighted by molar-refractivity contribution is 0.157. The number of aliphatic hydroxyl groups is 1. The van der Waals surface area contributed by atoms with Gasteiger partial charge in [-0.2, -0.15) is 0 Å². The average Bonchev–Trinajstić information content (AvgIpc) is 2.30. The number of rotatable bonds is 7. The van der Waals surface area contributed by atoms with Gasteiger partial charge < -0.3 is 10.4 Å². The molecule has 0 aromatic heterocycles. The van der Waals surface area contributed by atoms with Crippen molar-refractivity contribution in [3.8, 4) is 0 Å². The summed E-state index contributed by atoms with van der Waals surface area (Å²) in [5, 5.41) is 13.7. The van der Waals surface area contributed by atoms with E-state index in [1.165, 1.54) is 5.56 Å². The second-order valence-corrected chi connectivity index (χ2v) is 5.02. The van der Waals surface area contributed by atoms with Crippen molar-refractivity contribution in [2.45, 2.75) is 45.3 Å². The molecule has 0 aliphatic heterocycles. The Hall–Kier alpha value is -0.570. The molecule has 0 amide bonds. The molecule has 2 N–H and O–H groups in total. The number of halogens is 1. The van der Waals surface area contributed by atoms with E-state index in [1.54, 1.807) is 0 Å². The van der Waals surface area contributed by atoms with E-state index < -0.39 is 0 Å². The van der Waals surface area contributed by atoms with Crippen LogP contribution in [-0.2, 0) is 6.42 Å². The molecule has 0 radical (unpaired) electrons. The second-order valence-electron chi connectivity index (χ2n) is 4.58. The second kappa shape index (κ2) is 7.70. The molecule has 3 heteroatoms. The molecule has 17 heavy (non-hydrogen) atoms. The number of benzene rings is 1. The van der Waals surface area contributed by atoms with Crippen LogP contribution in [0.15, 0.2) is 24.3 Å². The van der Waals surface area contributed by atoms with Crippen LogP contribution in [0.4, 0.5) is 0 Å². The third-order valence-corrected chi connectivity index (χ3v) is 3.03. The summed E-state index contributed by atoms with van der Waals surface area (Å²) in [4.78, 5) is 0. The van der Waals surface area contributed by atoms with Crippen molar-refractivity contribution in [3.63, 3.8) is 0 Å². The van der Waals surface area contributed by atoms with E-state index in [9.17, 15) is 5.11 Å². The van der Waals surface area contributed by atoms with Gasteiger partial charge in [0.05, 0.1) is 6.10 Å². The van der Waals surface area contributed by atoms with Crippen LogP contribution in [0.2, 0.25) is 5.02 Å². The first kappa shape index (κ1) is 14.5. The first-order valence-electron chi connectivity index (χ1n) is 6.27. The third kappa shape index (κ3) is 6.06. The van der Waals surface area contributed by atoms with Crippen molar-refractivity contribution in [3.05, 3.63) is 34.9 Å². The lowest BCUT2D eigenvalue weighted by Gasteiger charge is -2.16. The van der Waals surface area contributed by atoms with E-state index in [4.69, 9.17) is 11.6 Å². The van der Waals surface area contributed by atoms with Crippen LogP contribution in [0, 0.1) is 0 Å². The quantitative estimate of drug-likeness (QED) is 0.785. The zero-order chi connectivity index (χ0) is 12.7. The highest BCUT2D eigenvalue weighted by Crippen LogP contribution is 2.11. The Morgan fingerprint density at radius 2 is 1.94 bits per heavy atom. The van der Waals surface area contributed by atoms with Crippen LogP contribution in [0.5, 0.6) is 0 Å². The molecule has 0 spiro atoms. The molecule has 0 bridgehead atoms. The van der Waals surface area contributed by atoms with Crippen molar-refractivity contribution in [2.75, 3.05) is 6.54 Å². The van der Waals surface area contributed by atoms with Gasteiger partial charge in [0.1, 0.15) is 0 Å². The first-order valence-corrected chi connectivity index (χ1v) is 6.65. The molecule has 0 saturated carbocycles. The van der Waals surface area contributed by atoms with Crippen molar-refractivity contribution in [1.82, 2.24) is 5.32 Å². The zero-order valence-corrected chi connectivity index (χ0v) is 11.4. The fraction of sp³-hybridized carbons (Fsp3) is 0.571. The van der Waals surface area contributed by atoms with Crippen molar-refractivity contribution in [1.29, 1.82) is 0 Å². The minimum Gasteiger partial charge on any atom is -0.392 e. The molecule has 0 aliphatic carbocycles. The van der Waals surface area contributed by atoms with Crippen LogP contribution >= 0.6 is 11.6 Å². The normalized spacial score (nSPS) is 14.6. The Balaban J connectivity index is 2.29. The third-order valence-electron chi connectivity index (χ3n) is 2.78. The topological polar surface area (TPSA) is 32.3 Å². The summed E-state index contributed by atoms with van der Waals surface area (Å²) in [5.41, 5.74) is 1.26. The largest absolute Gasteiger partial charge is 0.392 e. The van der Waals surface area contributed by atoms with E-state index in [2.05, 4.69) is 19.2 Å². The molecule has 0 aliphatic rings. The number of hydrogen-bond donors (Lipinski definition) is 2. The molecular weight excluding hydrogens is 234 g/mol. The predicted molar refractivity (Wildman–Crippen MR) is 73.5 cm³/mol. The molecule has 0 heterocycles. The molecule has 0 fully saturated rings. The van der Waals surface area contributed by atoms with Gasteiger partial charge in [-0.1, -0.05) is 37.1 Å². The Labute approximate surface area is 109 Å². The van der Waals surface area contributed by atoms with Gasteiger partial charge in [-0.15, -0.1) is 0 Å². The van der Waals surface area contributed by atoms with E-state index in [-0.39, 0.29) is 6.10 Å². The molecule has 2 atom stereocenters. The lowest BCUT2D eigenvalue weighted by atomic mass is 10.1. The summed E-state index contributed by atoms with van der Waals surface area (Å²) in [6.45, 7) is 4.89. The number of hydrogen-bond acceptors (Lipinski definition) is 2. The number of aliphatic hydroxyl groups excluding tert-OH is 1. The minimum atomic E-state index is -0.229. The maximum absolute atomic E-state index is 9.62. The highest BCUT2D eigenvalue weighted by molar-refractivity contribution is 6.30. The molecule has 1 aromatic carbocycles. The SMILES string of the molecule is CCCC(O)CNC(C)Cc1ccc(Cl)cc1. The van der Waals surface area contributed by atoms with Crippen molar-refractivity contribution < 1.29 is 5.11 Å². The van der Waals surface area contributed by atoms with Crippen molar-refractivity contribution in [2.24, 2.45) is 0 Å². The van der Waals surface area contributed by atoms with Crippen LogP contribution in [-0.4, -0.2) is 23.8 Å². The molecule has 1 aromatic rings. The number of nitrogens with one attached hydrogen (secondary N) is 1. The van der Waals surface area contributed by atoms with Gasteiger partial charge in [0.2, 0.25) is 0 Å². The zero-order valence-electron chi connectivity index (χ0n) is 10.6. The highest BCUT2D eigenvalue weighted by Gasteiger charge is 2.06. The smallest absolute Gasteiger partial charge is 0.0664 e. The van der Waals surface area contributed by atoms with Crippen LogP contribution in [0.3, 0.4) is 0 Å². The Bertz CT molecular complexity index is 313. The highest BCUT2D eigenvalue weighted by atomic mass is 35.5. The van der Waals surface area contributed by atoms with Gasteiger partial charge in [-0.3, -0.25) is 0 Å². The van der Waals surface area contributed by atoms with Crippen LogP contribution < -0.4 is 5.32 Å². The molecule has 96 valence electrons.